The van der Waals surface area contributed by atoms with E-state index in [9.17, 15) is 0 Å². The van der Waals surface area contributed by atoms with Crippen LogP contribution in [-0.4, -0.2) is 17.3 Å². The highest BCUT2D eigenvalue weighted by molar-refractivity contribution is 6.31. The molecule has 0 aliphatic rings. The van der Waals surface area contributed by atoms with E-state index in [1.807, 2.05) is 18.2 Å². The zero-order valence-corrected chi connectivity index (χ0v) is 11.2. The number of hydrogen-bond donors (Lipinski definition) is 1. The minimum atomic E-state index is 0.357. The van der Waals surface area contributed by atoms with E-state index in [2.05, 4.69) is 15.5 Å². The third-order valence-corrected chi connectivity index (χ3v) is 2.93. The van der Waals surface area contributed by atoms with Gasteiger partial charge in [-0.3, -0.25) is 0 Å². The molecule has 0 spiro atoms. The second-order valence-electron chi connectivity index (χ2n) is 3.52. The van der Waals surface area contributed by atoms with Crippen molar-refractivity contribution in [3.63, 3.8) is 0 Å². The maximum Gasteiger partial charge on any atom is 0.151 e. The molecule has 0 saturated heterocycles. The molecule has 1 aromatic heterocycles. The molecule has 0 bridgehead atoms. The minimum absolute atomic E-state index is 0.357. The molecule has 0 aliphatic carbocycles. The molecule has 0 fully saturated rings. The van der Waals surface area contributed by atoms with E-state index >= 15 is 0 Å². The Bertz CT molecular complexity index is 531. The molecular formula is C12H11Cl2N3O. The van der Waals surface area contributed by atoms with Gasteiger partial charge in [0.05, 0.1) is 7.11 Å². The van der Waals surface area contributed by atoms with Crippen LogP contribution in [-0.2, 0) is 6.54 Å². The number of hydrogen-bond acceptors (Lipinski definition) is 4. The van der Waals surface area contributed by atoms with Gasteiger partial charge in [-0.2, -0.15) is 0 Å². The highest BCUT2D eigenvalue weighted by Crippen LogP contribution is 2.26. The number of ether oxygens (including phenoxy) is 1. The van der Waals surface area contributed by atoms with Crippen LogP contribution < -0.4 is 10.1 Å². The van der Waals surface area contributed by atoms with Gasteiger partial charge in [0.1, 0.15) is 11.6 Å². The van der Waals surface area contributed by atoms with E-state index < -0.39 is 0 Å². The Labute approximate surface area is 115 Å². The van der Waals surface area contributed by atoms with Gasteiger partial charge in [-0.25, -0.2) is 0 Å². The highest BCUT2D eigenvalue weighted by atomic mass is 35.5. The van der Waals surface area contributed by atoms with Crippen LogP contribution in [0.4, 0.5) is 5.82 Å². The second-order valence-corrected chi connectivity index (χ2v) is 4.31. The number of rotatable bonds is 4. The summed E-state index contributed by atoms with van der Waals surface area (Å²) in [6.45, 7) is 0.499. The van der Waals surface area contributed by atoms with Crippen molar-refractivity contribution in [1.82, 2.24) is 10.2 Å². The van der Waals surface area contributed by atoms with Gasteiger partial charge in [0.25, 0.3) is 0 Å². The topological polar surface area (TPSA) is 47.0 Å². The van der Waals surface area contributed by atoms with E-state index in [0.717, 1.165) is 11.3 Å². The summed E-state index contributed by atoms with van der Waals surface area (Å²) in [5.74, 6) is 1.36. The Morgan fingerprint density at radius 2 is 2.00 bits per heavy atom. The maximum atomic E-state index is 6.12. The highest BCUT2D eigenvalue weighted by Gasteiger charge is 2.07. The molecule has 2 aromatic rings. The van der Waals surface area contributed by atoms with Crippen LogP contribution in [0.1, 0.15) is 5.56 Å². The van der Waals surface area contributed by atoms with Gasteiger partial charge < -0.3 is 10.1 Å². The number of aromatic nitrogens is 2. The van der Waals surface area contributed by atoms with Gasteiger partial charge in [-0.05, 0) is 24.3 Å². The Hall–Kier alpha value is -1.52. The number of anilines is 1. The number of nitrogens with zero attached hydrogens (tertiary/aromatic N) is 2. The molecule has 1 N–H and O–H groups in total. The fourth-order valence-corrected chi connectivity index (χ4v) is 1.82. The van der Waals surface area contributed by atoms with Crippen molar-refractivity contribution in [1.29, 1.82) is 0 Å². The van der Waals surface area contributed by atoms with Gasteiger partial charge in [0, 0.05) is 17.1 Å². The van der Waals surface area contributed by atoms with E-state index in [1.165, 1.54) is 0 Å². The predicted molar refractivity (Wildman–Crippen MR) is 72.4 cm³/mol. The lowest BCUT2D eigenvalue weighted by molar-refractivity contribution is 0.410. The summed E-state index contributed by atoms with van der Waals surface area (Å²) in [7, 11) is 1.61. The van der Waals surface area contributed by atoms with Crippen LogP contribution in [0, 0.1) is 0 Å². The van der Waals surface area contributed by atoms with Crippen LogP contribution in [0.15, 0.2) is 30.3 Å². The van der Waals surface area contributed by atoms with Crippen LogP contribution >= 0.6 is 23.2 Å². The summed E-state index contributed by atoms with van der Waals surface area (Å²) < 4.78 is 5.25. The molecule has 0 unspecified atom stereocenters. The zero-order chi connectivity index (χ0) is 13.0. The molecule has 94 valence electrons. The average molecular weight is 284 g/mol. The fourth-order valence-electron chi connectivity index (χ4n) is 1.49. The monoisotopic (exact) mass is 283 g/mol. The first-order valence-electron chi connectivity index (χ1n) is 5.25. The third kappa shape index (κ3) is 3.03. The lowest BCUT2D eigenvalue weighted by Gasteiger charge is -2.11. The van der Waals surface area contributed by atoms with Gasteiger partial charge in [0.2, 0.25) is 0 Å². The molecule has 0 saturated carbocycles. The molecule has 0 atom stereocenters. The van der Waals surface area contributed by atoms with E-state index in [4.69, 9.17) is 27.9 Å². The SMILES string of the molecule is COc1cccc(Cl)c1CNc1ccc(Cl)nn1. The first-order valence-corrected chi connectivity index (χ1v) is 6.01. The zero-order valence-electron chi connectivity index (χ0n) is 9.65. The van der Waals surface area contributed by atoms with E-state index in [-0.39, 0.29) is 0 Å². The Kier molecular flexibility index (Phi) is 4.23. The molecule has 0 amide bonds. The van der Waals surface area contributed by atoms with Crippen LogP contribution in [0.3, 0.4) is 0 Å². The molecule has 2 rings (SSSR count). The first-order chi connectivity index (χ1) is 8.70. The van der Waals surface area contributed by atoms with Gasteiger partial charge in [-0.1, -0.05) is 29.3 Å². The first kappa shape index (κ1) is 12.9. The van der Waals surface area contributed by atoms with Crippen molar-refractivity contribution >= 4 is 29.0 Å². The van der Waals surface area contributed by atoms with Crippen molar-refractivity contribution in [2.24, 2.45) is 0 Å². The Morgan fingerprint density at radius 1 is 1.17 bits per heavy atom. The molecule has 1 heterocycles. The smallest absolute Gasteiger partial charge is 0.151 e. The number of halogens is 2. The van der Waals surface area contributed by atoms with E-state index in [1.54, 1.807) is 19.2 Å². The molecule has 1 aromatic carbocycles. The quantitative estimate of drug-likeness (QED) is 0.934. The van der Waals surface area contributed by atoms with Crippen LogP contribution in [0.2, 0.25) is 10.2 Å². The Balaban J connectivity index is 2.12. The standard InChI is InChI=1S/C12H11Cl2N3O/c1-18-10-4-2-3-9(13)8(10)7-15-12-6-5-11(14)16-17-12/h2-6H,7H2,1H3,(H,15,17). The lowest BCUT2D eigenvalue weighted by Crippen LogP contribution is -2.04. The molecular weight excluding hydrogens is 273 g/mol. The molecule has 0 aliphatic heterocycles. The lowest BCUT2D eigenvalue weighted by atomic mass is 10.2. The van der Waals surface area contributed by atoms with Crippen molar-refractivity contribution in [2.45, 2.75) is 6.54 Å². The summed E-state index contributed by atoms with van der Waals surface area (Å²) in [5, 5.41) is 11.8. The molecule has 0 radical (unpaired) electrons. The molecule has 6 heteroatoms. The van der Waals surface area contributed by atoms with Gasteiger partial charge in [-0.15, -0.1) is 10.2 Å². The van der Waals surface area contributed by atoms with Crippen molar-refractivity contribution < 1.29 is 4.74 Å². The summed E-state index contributed by atoms with van der Waals surface area (Å²) in [6.07, 6.45) is 0. The Morgan fingerprint density at radius 3 is 2.67 bits per heavy atom. The van der Waals surface area contributed by atoms with E-state index in [0.29, 0.717) is 22.5 Å². The van der Waals surface area contributed by atoms with Crippen molar-refractivity contribution in [2.75, 3.05) is 12.4 Å². The third-order valence-electron chi connectivity index (χ3n) is 2.37. The summed E-state index contributed by atoms with van der Waals surface area (Å²) >= 11 is 11.8. The van der Waals surface area contributed by atoms with Crippen LogP contribution in [0.25, 0.3) is 0 Å². The molecule has 18 heavy (non-hydrogen) atoms. The largest absolute Gasteiger partial charge is 0.496 e. The summed E-state index contributed by atoms with van der Waals surface area (Å²) in [4.78, 5) is 0. The predicted octanol–water partition coefficient (Wildman–Crippen LogP) is 3.40. The maximum absolute atomic E-state index is 6.12. The molecule has 4 nitrogen and oxygen atoms in total. The second kappa shape index (κ2) is 5.89. The average Bonchev–Trinajstić information content (AvgIpc) is 2.39. The number of methoxy groups -OCH3 is 1. The minimum Gasteiger partial charge on any atom is -0.496 e. The van der Waals surface area contributed by atoms with Crippen LogP contribution in [0.5, 0.6) is 5.75 Å². The number of nitrogens with one attached hydrogen (secondary N) is 1. The summed E-state index contributed by atoms with van der Waals surface area (Å²) in [6, 6.07) is 8.93. The fraction of sp³-hybridized carbons (Fsp3) is 0.167. The van der Waals surface area contributed by atoms with Gasteiger partial charge in [0.15, 0.2) is 5.15 Å². The normalized spacial score (nSPS) is 10.2. The number of benzene rings is 1. The summed E-state index contributed by atoms with van der Waals surface area (Å²) in [5.41, 5.74) is 0.874. The van der Waals surface area contributed by atoms with Crippen molar-refractivity contribution in [3.8, 4) is 5.75 Å². The van der Waals surface area contributed by atoms with Gasteiger partial charge >= 0.3 is 0 Å². The van der Waals surface area contributed by atoms with Crippen molar-refractivity contribution in [3.05, 3.63) is 46.1 Å².